The summed E-state index contributed by atoms with van der Waals surface area (Å²) >= 11 is 0. The van der Waals surface area contributed by atoms with E-state index in [-0.39, 0.29) is 5.41 Å². The minimum Gasteiger partial charge on any atom is -0.335 e. The Balaban J connectivity index is 2.08. The van der Waals surface area contributed by atoms with Gasteiger partial charge in [-0.3, -0.25) is 4.79 Å². The van der Waals surface area contributed by atoms with Crippen molar-refractivity contribution in [2.75, 3.05) is 6.54 Å². The van der Waals surface area contributed by atoms with Crippen LogP contribution in [0.3, 0.4) is 0 Å². The molecule has 0 bridgehead atoms. The van der Waals surface area contributed by atoms with Gasteiger partial charge < -0.3 is 10.3 Å². The smallest absolute Gasteiger partial charge is 0.147 e. The van der Waals surface area contributed by atoms with Gasteiger partial charge in [0, 0.05) is 30.9 Å². The molecule has 0 amide bonds. The third-order valence-corrected chi connectivity index (χ3v) is 4.38. The molecule has 1 aromatic heterocycles. The highest BCUT2D eigenvalue weighted by Crippen LogP contribution is 2.36. The number of Topliss-reactive ketones (excluding diaryl/α,β-unsaturated/α-hetero) is 1. The third-order valence-electron chi connectivity index (χ3n) is 4.38. The van der Waals surface area contributed by atoms with Crippen LogP contribution in [0.25, 0.3) is 0 Å². The number of aromatic nitrogens is 2. The van der Waals surface area contributed by atoms with E-state index >= 15 is 0 Å². The second kappa shape index (κ2) is 6.33. The molecule has 0 atom stereocenters. The summed E-state index contributed by atoms with van der Waals surface area (Å²) in [6.45, 7) is 3.55. The van der Waals surface area contributed by atoms with Crippen molar-refractivity contribution in [3.8, 4) is 0 Å². The zero-order valence-corrected chi connectivity index (χ0v) is 11.9. The van der Waals surface area contributed by atoms with Gasteiger partial charge in [0.15, 0.2) is 0 Å². The molecule has 2 N–H and O–H groups in total. The predicted octanol–water partition coefficient (Wildman–Crippen LogP) is 2.31. The summed E-state index contributed by atoms with van der Waals surface area (Å²) < 4.78 is 2.09. The molecular formula is C15H25N3O. The normalized spacial score (nSPS) is 18.4. The molecule has 0 unspecified atom stereocenters. The summed E-state index contributed by atoms with van der Waals surface area (Å²) in [5, 5.41) is 0. The van der Waals surface area contributed by atoms with E-state index in [1.165, 1.54) is 6.42 Å². The summed E-state index contributed by atoms with van der Waals surface area (Å²) in [6.07, 6.45) is 10.6. The number of carbonyl (C=O) groups is 1. The molecule has 106 valence electrons. The van der Waals surface area contributed by atoms with Crippen LogP contribution in [0.15, 0.2) is 12.4 Å². The molecule has 1 fully saturated rings. The maximum Gasteiger partial charge on any atom is 0.147 e. The second-order valence-corrected chi connectivity index (χ2v) is 5.68. The highest BCUT2D eigenvalue weighted by atomic mass is 16.1. The largest absolute Gasteiger partial charge is 0.335 e. The Bertz CT molecular complexity index is 419. The Morgan fingerprint density at radius 1 is 1.42 bits per heavy atom. The Hall–Kier alpha value is -1.16. The van der Waals surface area contributed by atoms with E-state index in [1.54, 1.807) is 6.20 Å². The topological polar surface area (TPSA) is 60.9 Å². The van der Waals surface area contributed by atoms with Crippen molar-refractivity contribution in [1.29, 1.82) is 0 Å². The standard InChI is InChI=1S/C15H25N3O/c1-2-9-18-10-8-17-14(18)11-13(19)15(12-16)6-4-3-5-7-15/h8,10H,2-7,9,11-12,16H2,1H3. The van der Waals surface area contributed by atoms with E-state index in [9.17, 15) is 4.79 Å². The number of nitrogens with two attached hydrogens (primary N) is 1. The van der Waals surface area contributed by atoms with Gasteiger partial charge in [-0.25, -0.2) is 4.98 Å². The summed E-state index contributed by atoms with van der Waals surface area (Å²) in [4.78, 5) is 17.0. The van der Waals surface area contributed by atoms with E-state index in [1.807, 2.05) is 6.20 Å². The summed E-state index contributed by atoms with van der Waals surface area (Å²) in [5.41, 5.74) is 5.64. The summed E-state index contributed by atoms with van der Waals surface area (Å²) in [7, 11) is 0. The van der Waals surface area contributed by atoms with E-state index in [2.05, 4.69) is 16.5 Å². The lowest BCUT2D eigenvalue weighted by Gasteiger charge is -2.34. The monoisotopic (exact) mass is 263 g/mol. The third kappa shape index (κ3) is 3.06. The fourth-order valence-electron chi connectivity index (χ4n) is 3.11. The first-order valence-corrected chi connectivity index (χ1v) is 7.45. The lowest BCUT2D eigenvalue weighted by molar-refractivity contribution is -0.129. The van der Waals surface area contributed by atoms with Gasteiger partial charge >= 0.3 is 0 Å². The van der Waals surface area contributed by atoms with Crippen molar-refractivity contribution < 1.29 is 4.79 Å². The van der Waals surface area contributed by atoms with Crippen molar-refractivity contribution in [1.82, 2.24) is 9.55 Å². The number of hydrogen-bond acceptors (Lipinski definition) is 3. The number of hydrogen-bond donors (Lipinski definition) is 1. The maximum atomic E-state index is 12.6. The second-order valence-electron chi connectivity index (χ2n) is 5.68. The van der Waals surface area contributed by atoms with E-state index < -0.39 is 0 Å². The highest BCUT2D eigenvalue weighted by Gasteiger charge is 2.38. The van der Waals surface area contributed by atoms with Gasteiger partial charge in [-0.05, 0) is 19.3 Å². The Kier molecular flexibility index (Phi) is 4.75. The van der Waals surface area contributed by atoms with E-state index in [0.29, 0.717) is 18.7 Å². The molecule has 1 aliphatic rings. The first-order chi connectivity index (χ1) is 9.22. The molecule has 2 rings (SSSR count). The van der Waals surface area contributed by atoms with Gasteiger partial charge in [0.2, 0.25) is 0 Å². The van der Waals surface area contributed by atoms with Crippen LogP contribution in [-0.4, -0.2) is 21.9 Å². The average molecular weight is 263 g/mol. The van der Waals surface area contributed by atoms with Crippen LogP contribution in [0.5, 0.6) is 0 Å². The van der Waals surface area contributed by atoms with E-state index in [4.69, 9.17) is 5.73 Å². The van der Waals surface area contributed by atoms with Crippen LogP contribution in [0.1, 0.15) is 51.3 Å². The molecule has 0 spiro atoms. The number of rotatable bonds is 6. The molecule has 1 saturated carbocycles. The molecule has 4 nitrogen and oxygen atoms in total. The van der Waals surface area contributed by atoms with Crippen molar-refractivity contribution in [2.45, 2.75) is 58.4 Å². The van der Waals surface area contributed by atoms with Crippen LogP contribution in [0.4, 0.5) is 0 Å². The zero-order chi connectivity index (χ0) is 13.7. The van der Waals surface area contributed by atoms with Crippen LogP contribution in [0, 0.1) is 5.41 Å². The van der Waals surface area contributed by atoms with Gasteiger partial charge in [-0.15, -0.1) is 0 Å². The molecule has 4 heteroatoms. The zero-order valence-electron chi connectivity index (χ0n) is 11.9. The minimum atomic E-state index is -0.277. The van der Waals surface area contributed by atoms with Gasteiger partial charge in [0.05, 0.1) is 6.42 Å². The molecule has 1 heterocycles. The first kappa shape index (κ1) is 14.3. The molecule has 0 aliphatic heterocycles. The summed E-state index contributed by atoms with van der Waals surface area (Å²) in [5.74, 6) is 1.18. The van der Waals surface area contributed by atoms with Crippen molar-refractivity contribution in [3.05, 3.63) is 18.2 Å². The molecule has 0 aromatic carbocycles. The number of ketones is 1. The van der Waals surface area contributed by atoms with Gasteiger partial charge in [-0.1, -0.05) is 26.2 Å². The lowest BCUT2D eigenvalue weighted by atomic mass is 9.70. The molecule has 19 heavy (non-hydrogen) atoms. The lowest BCUT2D eigenvalue weighted by Crippen LogP contribution is -2.41. The molecule has 1 aromatic rings. The predicted molar refractivity (Wildman–Crippen MR) is 75.8 cm³/mol. The highest BCUT2D eigenvalue weighted by molar-refractivity contribution is 5.86. The van der Waals surface area contributed by atoms with Crippen LogP contribution in [-0.2, 0) is 17.8 Å². The minimum absolute atomic E-state index is 0.277. The molecule has 0 radical (unpaired) electrons. The fraction of sp³-hybridized carbons (Fsp3) is 0.733. The van der Waals surface area contributed by atoms with Gasteiger partial charge in [-0.2, -0.15) is 0 Å². The Labute approximate surface area is 115 Å². The molecule has 0 saturated heterocycles. The molecule has 1 aliphatic carbocycles. The number of nitrogens with zero attached hydrogens (tertiary/aromatic N) is 2. The number of aryl methyl sites for hydroxylation is 1. The first-order valence-electron chi connectivity index (χ1n) is 7.45. The number of carbonyl (C=O) groups excluding carboxylic acids is 1. The van der Waals surface area contributed by atoms with E-state index in [0.717, 1.165) is 44.5 Å². The van der Waals surface area contributed by atoms with Crippen molar-refractivity contribution in [2.24, 2.45) is 11.1 Å². The van der Waals surface area contributed by atoms with Crippen LogP contribution in [0.2, 0.25) is 0 Å². The van der Waals surface area contributed by atoms with Crippen molar-refractivity contribution in [3.63, 3.8) is 0 Å². The molecular weight excluding hydrogens is 238 g/mol. The Morgan fingerprint density at radius 2 is 2.16 bits per heavy atom. The quantitative estimate of drug-likeness (QED) is 0.856. The van der Waals surface area contributed by atoms with Gasteiger partial charge in [0.1, 0.15) is 11.6 Å². The van der Waals surface area contributed by atoms with Crippen molar-refractivity contribution >= 4 is 5.78 Å². The average Bonchev–Trinajstić information content (AvgIpc) is 2.87. The maximum absolute atomic E-state index is 12.6. The Morgan fingerprint density at radius 3 is 2.79 bits per heavy atom. The SMILES string of the molecule is CCCn1ccnc1CC(=O)C1(CN)CCCCC1. The number of imidazole rings is 1. The van der Waals surface area contributed by atoms with Gasteiger partial charge in [0.25, 0.3) is 0 Å². The van der Waals surface area contributed by atoms with Crippen LogP contribution >= 0.6 is 0 Å². The summed E-state index contributed by atoms with van der Waals surface area (Å²) in [6, 6.07) is 0. The van der Waals surface area contributed by atoms with Crippen LogP contribution < -0.4 is 5.73 Å². The fourth-order valence-corrected chi connectivity index (χ4v) is 3.11.